The molecule has 2 atom stereocenters. The fourth-order valence-electron chi connectivity index (χ4n) is 7.25. The third kappa shape index (κ3) is 3.70. The van der Waals surface area contributed by atoms with Crippen molar-refractivity contribution in [1.82, 2.24) is 10.2 Å². The van der Waals surface area contributed by atoms with E-state index in [4.69, 9.17) is 4.74 Å². The summed E-state index contributed by atoms with van der Waals surface area (Å²) in [5, 5.41) is 3.78. The van der Waals surface area contributed by atoms with E-state index in [1.54, 1.807) is 0 Å². The molecular formula is C27H32N2O2. The van der Waals surface area contributed by atoms with Gasteiger partial charge in [0.05, 0.1) is 18.8 Å². The zero-order valence-electron chi connectivity index (χ0n) is 18.2. The van der Waals surface area contributed by atoms with Gasteiger partial charge in [0, 0.05) is 18.6 Å². The molecule has 5 aliphatic rings. The molecule has 4 bridgehead atoms. The second-order valence-electron chi connectivity index (χ2n) is 10.6. The summed E-state index contributed by atoms with van der Waals surface area (Å²) in [5.41, 5.74) is 3.89. The van der Waals surface area contributed by atoms with E-state index in [0.29, 0.717) is 13.2 Å². The summed E-state index contributed by atoms with van der Waals surface area (Å²) in [6.07, 6.45) is 7.17. The van der Waals surface area contributed by atoms with Crippen molar-refractivity contribution in [2.75, 3.05) is 6.54 Å². The van der Waals surface area contributed by atoms with Crippen LogP contribution >= 0.6 is 0 Å². The van der Waals surface area contributed by atoms with Gasteiger partial charge in [-0.25, -0.2) is 0 Å². The van der Waals surface area contributed by atoms with Crippen LogP contribution in [0.25, 0.3) is 0 Å². The lowest BCUT2D eigenvalue weighted by molar-refractivity contribution is -0.182. The van der Waals surface area contributed by atoms with E-state index in [1.807, 2.05) is 4.90 Å². The molecule has 162 valence electrons. The molecule has 0 saturated heterocycles. The lowest BCUT2D eigenvalue weighted by Crippen LogP contribution is -2.66. The molecule has 2 unspecified atom stereocenters. The number of carbonyl (C=O) groups is 1. The number of rotatable bonds is 6. The van der Waals surface area contributed by atoms with Crippen LogP contribution in [0.1, 0.15) is 55.2 Å². The first-order chi connectivity index (χ1) is 15.1. The molecule has 4 aliphatic carbocycles. The Kier molecular flexibility index (Phi) is 4.69. The van der Waals surface area contributed by atoms with Crippen molar-refractivity contribution < 1.29 is 9.53 Å². The average molecular weight is 417 g/mol. The highest BCUT2D eigenvalue weighted by Gasteiger charge is 2.58. The van der Waals surface area contributed by atoms with Gasteiger partial charge in [-0.3, -0.25) is 4.79 Å². The summed E-state index contributed by atoms with van der Waals surface area (Å²) >= 11 is 0. The number of hydrogen-bond donors (Lipinski definition) is 1. The lowest BCUT2D eigenvalue weighted by Gasteiger charge is -2.62. The number of benzene rings is 2. The largest absolute Gasteiger partial charge is 0.370 e. The molecule has 1 amide bonds. The minimum Gasteiger partial charge on any atom is -0.370 e. The van der Waals surface area contributed by atoms with Crippen LogP contribution in [0.2, 0.25) is 0 Å². The molecule has 1 N–H and O–H groups in total. The van der Waals surface area contributed by atoms with Crippen LogP contribution in [-0.4, -0.2) is 28.5 Å². The number of fused-ring (bicyclic) bond motifs is 1. The zero-order valence-corrected chi connectivity index (χ0v) is 18.2. The molecule has 2 aromatic rings. The van der Waals surface area contributed by atoms with E-state index >= 15 is 0 Å². The van der Waals surface area contributed by atoms with Crippen molar-refractivity contribution >= 4 is 5.91 Å². The average Bonchev–Trinajstić information content (AvgIpc) is 3.21. The summed E-state index contributed by atoms with van der Waals surface area (Å²) in [6.45, 7) is 2.64. The Morgan fingerprint density at radius 1 is 0.935 bits per heavy atom. The monoisotopic (exact) mass is 416 g/mol. The van der Waals surface area contributed by atoms with E-state index in [9.17, 15) is 4.79 Å². The minimum absolute atomic E-state index is 0.0140. The van der Waals surface area contributed by atoms with Crippen LogP contribution < -0.4 is 5.32 Å². The molecule has 4 saturated carbocycles. The van der Waals surface area contributed by atoms with Gasteiger partial charge in [0.25, 0.3) is 0 Å². The van der Waals surface area contributed by atoms with Crippen molar-refractivity contribution in [3.8, 4) is 0 Å². The highest BCUT2D eigenvalue weighted by Crippen LogP contribution is 2.59. The second-order valence-corrected chi connectivity index (χ2v) is 10.6. The van der Waals surface area contributed by atoms with E-state index in [0.717, 1.165) is 31.3 Å². The Morgan fingerprint density at radius 3 is 2.26 bits per heavy atom. The number of hydrogen-bond acceptors (Lipinski definition) is 3. The highest BCUT2D eigenvalue weighted by atomic mass is 16.5. The first kappa shape index (κ1) is 19.5. The third-order valence-corrected chi connectivity index (χ3v) is 8.20. The van der Waals surface area contributed by atoms with Crippen molar-refractivity contribution in [3.05, 3.63) is 71.3 Å². The molecule has 4 nitrogen and oxygen atoms in total. The van der Waals surface area contributed by atoms with E-state index in [-0.39, 0.29) is 17.0 Å². The fraction of sp³-hybridized carbons (Fsp3) is 0.519. The van der Waals surface area contributed by atoms with Gasteiger partial charge in [-0.1, -0.05) is 54.6 Å². The van der Waals surface area contributed by atoms with E-state index in [1.165, 1.54) is 48.8 Å². The van der Waals surface area contributed by atoms with Crippen LogP contribution in [-0.2, 0) is 29.2 Å². The highest BCUT2D eigenvalue weighted by molar-refractivity contribution is 5.79. The number of ether oxygens (including phenoxy) is 1. The molecule has 7 rings (SSSR count). The summed E-state index contributed by atoms with van der Waals surface area (Å²) in [5.74, 6) is 1.69. The van der Waals surface area contributed by atoms with Gasteiger partial charge in [0.2, 0.25) is 5.91 Å². The first-order valence-electron chi connectivity index (χ1n) is 11.9. The topological polar surface area (TPSA) is 41.6 Å². The zero-order chi connectivity index (χ0) is 20.9. The van der Waals surface area contributed by atoms with Crippen molar-refractivity contribution in [2.24, 2.45) is 11.8 Å². The summed E-state index contributed by atoms with van der Waals surface area (Å²) in [4.78, 5) is 15.0. The van der Waals surface area contributed by atoms with Crippen LogP contribution in [0.5, 0.6) is 0 Å². The Labute approximate surface area is 185 Å². The van der Waals surface area contributed by atoms with Crippen molar-refractivity contribution in [3.63, 3.8) is 0 Å². The Balaban J connectivity index is 1.12. The summed E-state index contributed by atoms with van der Waals surface area (Å²) < 4.78 is 6.67. The molecule has 1 aliphatic heterocycles. The van der Waals surface area contributed by atoms with Crippen molar-refractivity contribution in [2.45, 2.75) is 69.4 Å². The molecule has 0 aromatic heterocycles. The second kappa shape index (κ2) is 7.46. The maximum absolute atomic E-state index is 13.0. The molecular weight excluding hydrogens is 384 g/mol. The number of nitrogens with zero attached hydrogens (tertiary/aromatic N) is 1. The van der Waals surface area contributed by atoms with Crippen LogP contribution in [0.15, 0.2) is 54.6 Å². The number of carbonyl (C=O) groups excluding carboxylic acids is 1. The summed E-state index contributed by atoms with van der Waals surface area (Å²) in [7, 11) is 0. The normalized spacial score (nSPS) is 33.0. The minimum atomic E-state index is -0.0140. The quantitative estimate of drug-likeness (QED) is 0.758. The SMILES string of the molecule is O=C(CNC12CC3CC(C1)CC(OCc1ccccc1)(C3)C2)N1Cc2ccccc2C1. The maximum Gasteiger partial charge on any atom is 0.237 e. The van der Waals surface area contributed by atoms with Gasteiger partial charge in [0.1, 0.15) is 0 Å². The summed E-state index contributed by atoms with van der Waals surface area (Å²) in [6, 6.07) is 19.0. The first-order valence-corrected chi connectivity index (χ1v) is 11.9. The predicted octanol–water partition coefficient (Wildman–Crippen LogP) is 4.43. The Hall–Kier alpha value is -2.17. The van der Waals surface area contributed by atoms with Crippen LogP contribution in [0.3, 0.4) is 0 Å². The number of nitrogens with one attached hydrogen (secondary N) is 1. The van der Waals surface area contributed by atoms with E-state index < -0.39 is 0 Å². The molecule has 2 aromatic carbocycles. The molecule has 4 heteroatoms. The molecule has 31 heavy (non-hydrogen) atoms. The Morgan fingerprint density at radius 2 is 1.58 bits per heavy atom. The van der Waals surface area contributed by atoms with E-state index in [2.05, 4.69) is 59.9 Å². The van der Waals surface area contributed by atoms with Gasteiger partial charge in [-0.2, -0.15) is 0 Å². The molecule has 4 fully saturated rings. The van der Waals surface area contributed by atoms with Crippen LogP contribution in [0, 0.1) is 11.8 Å². The Bertz CT molecular complexity index is 933. The van der Waals surface area contributed by atoms with Gasteiger partial charge < -0.3 is 15.0 Å². The number of amides is 1. The standard InChI is InChI=1S/C27H32N2O2/c30-25(29-16-23-8-4-5-9-24(23)17-29)15-28-26-11-21-10-22(12-26)14-27(13-21,19-26)31-18-20-6-2-1-3-7-20/h1-9,21-22,28H,10-19H2. The molecule has 0 spiro atoms. The van der Waals surface area contributed by atoms with Gasteiger partial charge in [0.15, 0.2) is 0 Å². The lowest BCUT2D eigenvalue weighted by atomic mass is 9.51. The van der Waals surface area contributed by atoms with Gasteiger partial charge >= 0.3 is 0 Å². The third-order valence-electron chi connectivity index (χ3n) is 8.20. The molecule has 1 heterocycles. The van der Waals surface area contributed by atoms with Crippen molar-refractivity contribution in [1.29, 1.82) is 0 Å². The smallest absolute Gasteiger partial charge is 0.237 e. The molecule has 0 radical (unpaired) electrons. The van der Waals surface area contributed by atoms with Gasteiger partial charge in [-0.05, 0) is 67.1 Å². The maximum atomic E-state index is 13.0. The van der Waals surface area contributed by atoms with Gasteiger partial charge in [-0.15, -0.1) is 0 Å². The van der Waals surface area contributed by atoms with Crippen LogP contribution in [0.4, 0.5) is 0 Å². The predicted molar refractivity (Wildman–Crippen MR) is 120 cm³/mol. The fourth-order valence-corrected chi connectivity index (χ4v) is 7.25.